The fourth-order valence-electron chi connectivity index (χ4n) is 2.11. The first-order chi connectivity index (χ1) is 7.15. The fraction of sp³-hybridized carbons (Fsp3) is 0.867. The Morgan fingerprint density at radius 1 is 1.07 bits per heavy atom. The molecule has 0 spiro atoms. The summed E-state index contributed by atoms with van der Waals surface area (Å²) in [6.07, 6.45) is 9.34. The summed E-state index contributed by atoms with van der Waals surface area (Å²) in [5.41, 5.74) is 1.46. The Labute approximate surface area is 97.2 Å². The van der Waals surface area contributed by atoms with E-state index in [1.165, 1.54) is 50.5 Å². The molecule has 2 atom stereocenters. The van der Waals surface area contributed by atoms with Crippen molar-refractivity contribution in [1.29, 1.82) is 0 Å². The highest BCUT2D eigenvalue weighted by atomic mass is 14.1. The lowest BCUT2D eigenvalue weighted by molar-refractivity contribution is 0.415. The Bertz CT molecular complexity index is 157. The lowest BCUT2D eigenvalue weighted by atomic mass is 9.90. The minimum absolute atomic E-state index is 0.719. The first-order valence-corrected chi connectivity index (χ1v) is 6.83. The van der Waals surface area contributed by atoms with Crippen molar-refractivity contribution in [3.05, 3.63) is 12.2 Å². The van der Waals surface area contributed by atoms with Crippen LogP contribution in [0.5, 0.6) is 0 Å². The Morgan fingerprint density at radius 3 is 2.20 bits per heavy atom. The summed E-state index contributed by atoms with van der Waals surface area (Å²) >= 11 is 0. The fourth-order valence-corrected chi connectivity index (χ4v) is 2.11. The lowest BCUT2D eigenvalue weighted by Crippen LogP contribution is -2.01. The molecule has 0 aromatic rings. The van der Waals surface area contributed by atoms with E-state index in [9.17, 15) is 0 Å². The Morgan fingerprint density at radius 2 is 1.73 bits per heavy atom. The van der Waals surface area contributed by atoms with Gasteiger partial charge in [-0.15, -0.1) is 0 Å². The molecule has 0 rings (SSSR count). The van der Waals surface area contributed by atoms with Gasteiger partial charge in [-0.25, -0.2) is 0 Å². The van der Waals surface area contributed by atoms with Crippen molar-refractivity contribution in [2.24, 2.45) is 11.8 Å². The second-order valence-corrected chi connectivity index (χ2v) is 4.92. The van der Waals surface area contributed by atoms with Gasteiger partial charge in [0.15, 0.2) is 0 Å². The molecule has 0 aromatic carbocycles. The first-order valence-electron chi connectivity index (χ1n) is 6.83. The maximum absolute atomic E-state index is 4.19. The van der Waals surface area contributed by atoms with Crippen LogP contribution in [0.4, 0.5) is 0 Å². The molecule has 0 heterocycles. The van der Waals surface area contributed by atoms with Crippen LogP contribution < -0.4 is 0 Å². The van der Waals surface area contributed by atoms with Crippen LogP contribution >= 0.6 is 0 Å². The number of rotatable bonds is 9. The molecule has 0 heteroatoms. The highest BCUT2D eigenvalue weighted by Gasteiger charge is 2.07. The molecule has 0 nitrogen and oxygen atoms in total. The quantitative estimate of drug-likeness (QED) is 0.435. The minimum atomic E-state index is 0.719. The van der Waals surface area contributed by atoms with Crippen LogP contribution in [0.15, 0.2) is 12.2 Å². The van der Waals surface area contributed by atoms with Gasteiger partial charge in [0, 0.05) is 0 Å². The summed E-state index contributed by atoms with van der Waals surface area (Å²) in [6, 6.07) is 0. The normalized spacial score (nSPS) is 14.9. The zero-order chi connectivity index (χ0) is 11.7. The van der Waals surface area contributed by atoms with Crippen LogP contribution in [0.2, 0.25) is 0 Å². The molecule has 0 saturated heterocycles. The average molecular weight is 210 g/mol. The monoisotopic (exact) mass is 210 g/mol. The van der Waals surface area contributed by atoms with Crippen molar-refractivity contribution in [1.82, 2.24) is 0 Å². The third-order valence-electron chi connectivity index (χ3n) is 3.69. The number of allylic oxidation sites excluding steroid dienone is 1. The third-order valence-corrected chi connectivity index (χ3v) is 3.69. The molecule has 0 amide bonds. The predicted molar refractivity (Wildman–Crippen MR) is 71.1 cm³/mol. The number of hydrogen-bond donors (Lipinski definition) is 0. The second kappa shape index (κ2) is 9.00. The Hall–Kier alpha value is -0.260. The summed E-state index contributed by atoms with van der Waals surface area (Å²) < 4.78 is 0. The smallest absolute Gasteiger partial charge is 0.0237 e. The van der Waals surface area contributed by atoms with Gasteiger partial charge in [-0.1, -0.05) is 65.5 Å². The van der Waals surface area contributed by atoms with E-state index in [1.54, 1.807) is 0 Å². The van der Waals surface area contributed by atoms with Gasteiger partial charge in [-0.05, 0) is 31.1 Å². The molecule has 2 unspecified atom stereocenters. The first kappa shape index (κ1) is 14.7. The molecule has 0 radical (unpaired) electrons. The topological polar surface area (TPSA) is 0 Å². The van der Waals surface area contributed by atoms with E-state index in [4.69, 9.17) is 0 Å². The van der Waals surface area contributed by atoms with Crippen LogP contribution in [0, 0.1) is 11.8 Å². The molecule has 15 heavy (non-hydrogen) atoms. The van der Waals surface area contributed by atoms with Gasteiger partial charge in [-0.3, -0.25) is 0 Å². The second-order valence-electron chi connectivity index (χ2n) is 4.92. The maximum atomic E-state index is 4.19. The van der Waals surface area contributed by atoms with Gasteiger partial charge in [0.1, 0.15) is 0 Å². The average Bonchev–Trinajstić information content (AvgIpc) is 2.26. The van der Waals surface area contributed by atoms with Crippen molar-refractivity contribution >= 4 is 0 Å². The van der Waals surface area contributed by atoms with Crippen LogP contribution in [0.3, 0.4) is 0 Å². The summed E-state index contributed by atoms with van der Waals surface area (Å²) in [4.78, 5) is 0. The van der Waals surface area contributed by atoms with Crippen molar-refractivity contribution in [3.63, 3.8) is 0 Å². The minimum Gasteiger partial charge on any atom is -0.0996 e. The van der Waals surface area contributed by atoms with Crippen molar-refractivity contribution in [2.45, 2.75) is 72.6 Å². The van der Waals surface area contributed by atoms with E-state index in [-0.39, 0.29) is 0 Å². The van der Waals surface area contributed by atoms with Gasteiger partial charge >= 0.3 is 0 Å². The van der Waals surface area contributed by atoms with Gasteiger partial charge < -0.3 is 0 Å². The van der Waals surface area contributed by atoms with Crippen LogP contribution in [-0.2, 0) is 0 Å². The van der Waals surface area contributed by atoms with Crippen molar-refractivity contribution < 1.29 is 0 Å². The SMILES string of the molecule is C=C(CCCC(CC)CCC)C(C)CC. The van der Waals surface area contributed by atoms with Crippen LogP contribution in [-0.4, -0.2) is 0 Å². The van der Waals surface area contributed by atoms with Gasteiger partial charge in [0.05, 0.1) is 0 Å². The molecule has 0 aromatic heterocycles. The predicted octanol–water partition coefficient (Wildman–Crippen LogP) is 5.59. The summed E-state index contributed by atoms with van der Waals surface area (Å²) in [5.74, 6) is 1.68. The Balaban J connectivity index is 3.63. The standard InChI is InChI=1S/C15H30/c1-6-10-15(8-3)12-9-11-14(5)13(4)7-2/h13,15H,5-12H2,1-4H3. The van der Waals surface area contributed by atoms with E-state index in [0.717, 1.165) is 11.8 Å². The third kappa shape index (κ3) is 6.76. The van der Waals surface area contributed by atoms with Gasteiger partial charge in [0.25, 0.3) is 0 Å². The lowest BCUT2D eigenvalue weighted by Gasteiger charge is -2.16. The summed E-state index contributed by atoms with van der Waals surface area (Å²) in [7, 11) is 0. The molecular formula is C15H30. The highest BCUT2D eigenvalue weighted by molar-refractivity contribution is 4.98. The van der Waals surface area contributed by atoms with Crippen LogP contribution in [0.25, 0.3) is 0 Å². The van der Waals surface area contributed by atoms with Crippen molar-refractivity contribution in [2.75, 3.05) is 0 Å². The van der Waals surface area contributed by atoms with Crippen molar-refractivity contribution in [3.8, 4) is 0 Å². The summed E-state index contributed by atoms with van der Waals surface area (Å²) in [5, 5.41) is 0. The van der Waals surface area contributed by atoms with E-state index in [1.807, 2.05) is 0 Å². The molecule has 0 N–H and O–H groups in total. The van der Waals surface area contributed by atoms with E-state index in [0.29, 0.717) is 0 Å². The van der Waals surface area contributed by atoms with Gasteiger partial charge in [-0.2, -0.15) is 0 Å². The molecule has 0 fully saturated rings. The molecule has 90 valence electrons. The molecule has 0 aliphatic rings. The molecule has 0 aliphatic heterocycles. The molecular weight excluding hydrogens is 180 g/mol. The van der Waals surface area contributed by atoms with E-state index >= 15 is 0 Å². The zero-order valence-corrected chi connectivity index (χ0v) is 11.3. The zero-order valence-electron chi connectivity index (χ0n) is 11.3. The van der Waals surface area contributed by atoms with Gasteiger partial charge in [0.2, 0.25) is 0 Å². The Kier molecular flexibility index (Phi) is 8.85. The maximum Gasteiger partial charge on any atom is -0.0237 e. The van der Waals surface area contributed by atoms with E-state index in [2.05, 4.69) is 34.3 Å². The largest absolute Gasteiger partial charge is 0.0996 e. The summed E-state index contributed by atoms with van der Waals surface area (Å²) in [6.45, 7) is 13.4. The van der Waals surface area contributed by atoms with Crippen LogP contribution in [0.1, 0.15) is 72.6 Å². The molecule has 0 saturated carbocycles. The van der Waals surface area contributed by atoms with E-state index < -0.39 is 0 Å². The number of hydrogen-bond acceptors (Lipinski definition) is 0. The molecule has 0 aliphatic carbocycles. The highest BCUT2D eigenvalue weighted by Crippen LogP contribution is 2.23. The molecule has 0 bridgehead atoms.